The molecule has 0 aromatic rings. The molecule has 1 radical (unpaired) electrons. The highest BCUT2D eigenvalue weighted by molar-refractivity contribution is 4.90. The maximum atomic E-state index is 2.56. The summed E-state index contributed by atoms with van der Waals surface area (Å²) in [6.45, 7) is 4.57. The average Bonchev–Trinajstić information content (AvgIpc) is 2.66. The Balaban J connectivity index is 2.05. The van der Waals surface area contributed by atoms with Gasteiger partial charge in [-0.2, -0.15) is 0 Å². The van der Waals surface area contributed by atoms with Crippen LogP contribution in [-0.4, -0.2) is 0 Å². The lowest BCUT2D eigenvalue weighted by Crippen LogP contribution is -1.98. The van der Waals surface area contributed by atoms with Crippen molar-refractivity contribution in [2.75, 3.05) is 0 Å². The van der Waals surface area contributed by atoms with Gasteiger partial charge in [-0.25, -0.2) is 0 Å². The molecule has 0 heteroatoms. The summed E-state index contributed by atoms with van der Waals surface area (Å²) in [6, 6.07) is 0. The van der Waals surface area contributed by atoms with Crippen molar-refractivity contribution in [1.82, 2.24) is 0 Å². The second-order valence-electron chi connectivity index (χ2n) is 3.11. The van der Waals surface area contributed by atoms with Crippen LogP contribution in [0.4, 0.5) is 0 Å². The van der Waals surface area contributed by atoms with Crippen molar-refractivity contribution < 1.29 is 0 Å². The third-order valence-electron chi connectivity index (χ3n) is 2.22. The summed E-state index contributed by atoms with van der Waals surface area (Å²) in [5.41, 5.74) is 0. The molecule has 0 saturated heterocycles. The van der Waals surface area contributed by atoms with Crippen LogP contribution < -0.4 is 0 Å². The first-order valence-corrected chi connectivity index (χ1v) is 4.21. The van der Waals surface area contributed by atoms with Crippen LogP contribution >= 0.6 is 0 Å². The molecule has 1 aliphatic carbocycles. The van der Waals surface area contributed by atoms with Crippen LogP contribution in [0.3, 0.4) is 0 Å². The second-order valence-corrected chi connectivity index (χ2v) is 3.11. The molecule has 0 amide bonds. The zero-order valence-corrected chi connectivity index (χ0v) is 6.56. The third-order valence-corrected chi connectivity index (χ3v) is 2.22. The lowest BCUT2D eigenvalue weighted by molar-refractivity contribution is 0.536. The Labute approximate surface area is 58.7 Å². The highest BCUT2D eigenvalue weighted by Crippen LogP contribution is 2.35. The molecule has 1 aliphatic rings. The van der Waals surface area contributed by atoms with E-state index >= 15 is 0 Å². The van der Waals surface area contributed by atoms with E-state index in [0.717, 1.165) is 11.8 Å². The number of hydrogen-bond donors (Lipinski definition) is 0. The molecule has 53 valence electrons. The predicted octanol–water partition coefficient (Wildman–Crippen LogP) is 3.04. The van der Waals surface area contributed by atoms with Gasteiger partial charge in [0.1, 0.15) is 0 Å². The molecule has 0 aromatic carbocycles. The highest BCUT2D eigenvalue weighted by Gasteiger charge is 2.23. The molecular weight excluding hydrogens is 108 g/mol. The van der Waals surface area contributed by atoms with E-state index in [1.165, 1.54) is 25.7 Å². The van der Waals surface area contributed by atoms with E-state index < -0.39 is 0 Å². The van der Waals surface area contributed by atoms with Gasteiger partial charge in [-0.05, 0) is 31.1 Å². The first-order valence-electron chi connectivity index (χ1n) is 4.21. The summed E-state index contributed by atoms with van der Waals surface area (Å²) < 4.78 is 0. The average molecular weight is 125 g/mol. The van der Waals surface area contributed by atoms with Gasteiger partial charge < -0.3 is 0 Å². The topological polar surface area (TPSA) is 0 Å². The summed E-state index contributed by atoms with van der Waals surface area (Å²) in [6.07, 6.45) is 8.17. The maximum absolute atomic E-state index is 2.56. The van der Waals surface area contributed by atoms with Gasteiger partial charge in [-0.1, -0.05) is 26.7 Å². The Hall–Kier alpha value is 0. The summed E-state index contributed by atoms with van der Waals surface area (Å²) in [5, 5.41) is 0. The van der Waals surface area contributed by atoms with Crippen molar-refractivity contribution in [3.05, 3.63) is 6.42 Å². The molecule has 0 atom stereocenters. The smallest absolute Gasteiger partial charge is 0.0324 e. The fraction of sp³-hybridized carbons (Fsp3) is 0.889. The summed E-state index contributed by atoms with van der Waals surface area (Å²) in [7, 11) is 0. The first-order chi connectivity index (χ1) is 4.36. The minimum atomic E-state index is 0.914. The number of hydrogen-bond acceptors (Lipinski definition) is 0. The Morgan fingerprint density at radius 2 is 1.89 bits per heavy atom. The fourth-order valence-electron chi connectivity index (χ4n) is 1.23. The van der Waals surface area contributed by atoms with Crippen LogP contribution in [0.25, 0.3) is 0 Å². The standard InChI is InChI=1S/C9H17/c1-3-8(4-2)7-9-5-6-9/h7-9H,3-6H2,1-2H3. The van der Waals surface area contributed by atoms with Crippen molar-refractivity contribution in [3.63, 3.8) is 0 Å². The maximum Gasteiger partial charge on any atom is -0.0324 e. The van der Waals surface area contributed by atoms with Crippen LogP contribution in [0.5, 0.6) is 0 Å². The minimum Gasteiger partial charge on any atom is -0.0651 e. The second kappa shape index (κ2) is 3.24. The fourth-order valence-corrected chi connectivity index (χ4v) is 1.23. The van der Waals surface area contributed by atoms with E-state index in [0.29, 0.717) is 0 Å². The first kappa shape index (κ1) is 7.11. The third kappa shape index (κ3) is 2.38. The molecule has 0 heterocycles. The molecule has 0 nitrogen and oxygen atoms in total. The molecule has 0 spiro atoms. The molecule has 0 unspecified atom stereocenters. The van der Waals surface area contributed by atoms with Crippen molar-refractivity contribution >= 4 is 0 Å². The molecule has 9 heavy (non-hydrogen) atoms. The van der Waals surface area contributed by atoms with Crippen molar-refractivity contribution in [3.8, 4) is 0 Å². The summed E-state index contributed by atoms with van der Waals surface area (Å²) in [4.78, 5) is 0. The number of rotatable bonds is 4. The Morgan fingerprint density at radius 3 is 2.22 bits per heavy atom. The van der Waals surface area contributed by atoms with Crippen molar-refractivity contribution in [2.24, 2.45) is 11.8 Å². The molecule has 1 fully saturated rings. The predicted molar refractivity (Wildman–Crippen MR) is 41.1 cm³/mol. The molecule has 1 rings (SSSR count). The van der Waals surface area contributed by atoms with Gasteiger partial charge in [-0.3, -0.25) is 0 Å². The highest BCUT2D eigenvalue weighted by atomic mass is 14.3. The summed E-state index contributed by atoms with van der Waals surface area (Å²) in [5.74, 6) is 1.92. The van der Waals surface area contributed by atoms with Gasteiger partial charge in [0.15, 0.2) is 0 Å². The van der Waals surface area contributed by atoms with Gasteiger partial charge in [0, 0.05) is 0 Å². The van der Waals surface area contributed by atoms with Gasteiger partial charge >= 0.3 is 0 Å². The summed E-state index contributed by atoms with van der Waals surface area (Å²) >= 11 is 0. The monoisotopic (exact) mass is 125 g/mol. The van der Waals surface area contributed by atoms with E-state index in [1.807, 2.05) is 0 Å². The largest absolute Gasteiger partial charge is 0.0651 e. The van der Waals surface area contributed by atoms with Crippen LogP contribution in [0.1, 0.15) is 39.5 Å². The SMILES string of the molecule is CCC([CH]C1CC1)CC. The van der Waals surface area contributed by atoms with E-state index in [-0.39, 0.29) is 0 Å². The molecular formula is C9H17. The van der Waals surface area contributed by atoms with Gasteiger partial charge in [-0.15, -0.1) is 0 Å². The van der Waals surface area contributed by atoms with Crippen LogP contribution in [0, 0.1) is 18.3 Å². The van der Waals surface area contributed by atoms with Gasteiger partial charge in [0.25, 0.3) is 0 Å². The van der Waals surface area contributed by atoms with Crippen molar-refractivity contribution in [2.45, 2.75) is 39.5 Å². The lowest BCUT2D eigenvalue weighted by atomic mass is 9.97. The van der Waals surface area contributed by atoms with E-state index in [2.05, 4.69) is 20.3 Å². The van der Waals surface area contributed by atoms with Crippen LogP contribution in [0.2, 0.25) is 0 Å². The zero-order chi connectivity index (χ0) is 6.69. The van der Waals surface area contributed by atoms with Crippen LogP contribution in [0.15, 0.2) is 0 Å². The Bertz CT molecular complexity index is 68.1. The van der Waals surface area contributed by atoms with E-state index in [4.69, 9.17) is 0 Å². The molecule has 1 saturated carbocycles. The molecule has 0 bridgehead atoms. The molecule has 0 N–H and O–H groups in total. The zero-order valence-electron chi connectivity index (χ0n) is 6.56. The van der Waals surface area contributed by atoms with Gasteiger partial charge in [0.05, 0.1) is 0 Å². The minimum absolute atomic E-state index is 0.914. The quantitative estimate of drug-likeness (QED) is 0.541. The van der Waals surface area contributed by atoms with Crippen molar-refractivity contribution in [1.29, 1.82) is 0 Å². The van der Waals surface area contributed by atoms with E-state index in [1.54, 1.807) is 0 Å². The lowest BCUT2D eigenvalue weighted by Gasteiger charge is -2.09. The Kier molecular flexibility index (Phi) is 2.56. The molecule has 0 aliphatic heterocycles. The van der Waals surface area contributed by atoms with Gasteiger partial charge in [0.2, 0.25) is 0 Å². The van der Waals surface area contributed by atoms with Crippen LogP contribution in [-0.2, 0) is 0 Å². The molecule has 0 aromatic heterocycles. The van der Waals surface area contributed by atoms with E-state index in [9.17, 15) is 0 Å². The Morgan fingerprint density at radius 1 is 1.33 bits per heavy atom. The normalized spacial score (nSPS) is 19.0.